The Labute approximate surface area is 118 Å². The molecular weight excluding hydrogens is 293 g/mol. The SMILES string of the molecule is CC(C)N(CCOC(F)(F)F)/N=N/c1nc[nH]c1C(N)=O. The number of alkyl halides is 3. The van der Waals surface area contributed by atoms with Crippen molar-refractivity contribution in [3.8, 4) is 0 Å². The van der Waals surface area contributed by atoms with Crippen molar-refractivity contribution >= 4 is 11.7 Å². The third-order valence-electron chi connectivity index (χ3n) is 2.30. The van der Waals surface area contributed by atoms with Crippen LogP contribution in [0.4, 0.5) is 19.0 Å². The van der Waals surface area contributed by atoms with Crippen LogP contribution in [0.5, 0.6) is 0 Å². The van der Waals surface area contributed by atoms with Gasteiger partial charge < -0.3 is 10.7 Å². The molecule has 0 spiro atoms. The fraction of sp³-hybridized carbons (Fsp3) is 0.600. The highest BCUT2D eigenvalue weighted by molar-refractivity contribution is 5.94. The minimum Gasteiger partial charge on any atom is -0.364 e. The smallest absolute Gasteiger partial charge is 0.364 e. The average molecular weight is 308 g/mol. The third kappa shape index (κ3) is 5.77. The van der Waals surface area contributed by atoms with Crippen molar-refractivity contribution in [2.45, 2.75) is 26.3 Å². The summed E-state index contributed by atoms with van der Waals surface area (Å²) in [6.07, 6.45) is -3.48. The van der Waals surface area contributed by atoms with E-state index in [0.717, 1.165) is 0 Å². The van der Waals surface area contributed by atoms with E-state index in [9.17, 15) is 18.0 Å². The summed E-state index contributed by atoms with van der Waals surface area (Å²) in [5.41, 5.74) is 5.05. The van der Waals surface area contributed by atoms with Gasteiger partial charge in [0.1, 0.15) is 0 Å². The van der Waals surface area contributed by atoms with Gasteiger partial charge in [0.25, 0.3) is 5.91 Å². The molecule has 11 heteroatoms. The van der Waals surface area contributed by atoms with Crippen LogP contribution in [0.15, 0.2) is 16.7 Å². The van der Waals surface area contributed by atoms with Crippen LogP contribution in [0.2, 0.25) is 0 Å². The molecule has 118 valence electrons. The number of carbonyl (C=O) groups excluding carboxylic acids is 1. The number of ether oxygens (including phenoxy) is 1. The first-order valence-corrected chi connectivity index (χ1v) is 5.93. The predicted octanol–water partition coefficient (Wildman–Crippen LogP) is 1.75. The Bertz CT molecular complexity index is 499. The predicted molar refractivity (Wildman–Crippen MR) is 65.5 cm³/mol. The molecule has 0 bridgehead atoms. The fourth-order valence-corrected chi connectivity index (χ4v) is 1.31. The Balaban J connectivity index is 2.67. The van der Waals surface area contributed by atoms with Gasteiger partial charge in [0.15, 0.2) is 5.69 Å². The lowest BCUT2D eigenvalue weighted by atomic mass is 10.4. The van der Waals surface area contributed by atoms with Crippen LogP contribution in [0.3, 0.4) is 0 Å². The van der Waals surface area contributed by atoms with Crippen LogP contribution >= 0.6 is 0 Å². The highest BCUT2D eigenvalue weighted by Gasteiger charge is 2.29. The van der Waals surface area contributed by atoms with Gasteiger partial charge in [-0.3, -0.25) is 14.5 Å². The second-order valence-corrected chi connectivity index (χ2v) is 4.21. The van der Waals surface area contributed by atoms with Gasteiger partial charge in [-0.05, 0) is 13.8 Å². The second kappa shape index (κ2) is 7.02. The lowest BCUT2D eigenvalue weighted by Crippen LogP contribution is -2.30. The number of hydrogen-bond donors (Lipinski definition) is 2. The molecule has 1 heterocycles. The Morgan fingerprint density at radius 1 is 1.57 bits per heavy atom. The molecule has 0 aliphatic rings. The van der Waals surface area contributed by atoms with E-state index in [1.165, 1.54) is 11.3 Å². The van der Waals surface area contributed by atoms with E-state index in [2.05, 4.69) is 25.0 Å². The van der Waals surface area contributed by atoms with E-state index in [-0.39, 0.29) is 24.1 Å². The quantitative estimate of drug-likeness (QED) is 0.590. The number of aromatic amines is 1. The summed E-state index contributed by atoms with van der Waals surface area (Å²) in [4.78, 5) is 17.3. The van der Waals surface area contributed by atoms with Gasteiger partial charge >= 0.3 is 6.36 Å². The molecule has 0 aromatic carbocycles. The third-order valence-corrected chi connectivity index (χ3v) is 2.30. The molecule has 0 saturated heterocycles. The van der Waals surface area contributed by atoms with E-state index in [1.807, 2.05) is 0 Å². The molecule has 0 fully saturated rings. The average Bonchev–Trinajstić information content (AvgIpc) is 2.79. The number of carbonyl (C=O) groups is 1. The molecule has 1 rings (SSSR count). The van der Waals surface area contributed by atoms with Crippen LogP contribution in [-0.2, 0) is 4.74 Å². The minimum atomic E-state index is -4.69. The molecule has 0 aliphatic carbocycles. The molecule has 8 nitrogen and oxygen atoms in total. The number of halogens is 3. The van der Waals surface area contributed by atoms with Crippen molar-refractivity contribution in [2.24, 2.45) is 16.1 Å². The Morgan fingerprint density at radius 2 is 2.24 bits per heavy atom. The standard InChI is InChI=1S/C10H15F3N6O2/c1-6(2)19(3-4-21-10(11,12)13)18-17-9-7(8(14)20)15-5-16-9/h5-6H,3-4H2,1-2H3,(H2,14,20)(H,15,16)/b18-17+. The summed E-state index contributed by atoms with van der Waals surface area (Å²) >= 11 is 0. The van der Waals surface area contributed by atoms with Crippen molar-refractivity contribution in [2.75, 3.05) is 13.2 Å². The summed E-state index contributed by atoms with van der Waals surface area (Å²) in [5, 5.41) is 8.71. The Kier molecular flexibility index (Phi) is 5.64. The number of amides is 1. The Morgan fingerprint density at radius 3 is 2.76 bits per heavy atom. The number of H-pyrrole nitrogens is 1. The largest absolute Gasteiger partial charge is 0.522 e. The highest BCUT2D eigenvalue weighted by Crippen LogP contribution is 2.17. The molecule has 0 aliphatic heterocycles. The Hall–Kier alpha value is -2.17. The lowest BCUT2D eigenvalue weighted by Gasteiger charge is -2.21. The number of imidazole rings is 1. The van der Waals surface area contributed by atoms with Crippen LogP contribution in [0.1, 0.15) is 24.3 Å². The van der Waals surface area contributed by atoms with Gasteiger partial charge in [-0.15, -0.1) is 18.3 Å². The first-order chi connectivity index (χ1) is 9.70. The molecule has 3 N–H and O–H groups in total. The number of primary amides is 1. The van der Waals surface area contributed by atoms with Gasteiger partial charge in [-0.2, -0.15) is 0 Å². The van der Waals surface area contributed by atoms with Crippen molar-refractivity contribution in [1.82, 2.24) is 15.0 Å². The van der Waals surface area contributed by atoms with Gasteiger partial charge in [-0.1, -0.05) is 5.22 Å². The summed E-state index contributed by atoms with van der Waals surface area (Å²) < 4.78 is 39.4. The van der Waals surface area contributed by atoms with Crippen molar-refractivity contribution in [3.63, 3.8) is 0 Å². The zero-order valence-corrected chi connectivity index (χ0v) is 11.4. The number of nitrogens with one attached hydrogen (secondary N) is 1. The summed E-state index contributed by atoms with van der Waals surface area (Å²) in [5.74, 6) is -0.803. The monoisotopic (exact) mass is 308 g/mol. The van der Waals surface area contributed by atoms with Crippen molar-refractivity contribution in [3.05, 3.63) is 12.0 Å². The van der Waals surface area contributed by atoms with Crippen LogP contribution in [0, 0.1) is 0 Å². The van der Waals surface area contributed by atoms with E-state index in [1.54, 1.807) is 13.8 Å². The highest BCUT2D eigenvalue weighted by atomic mass is 19.4. The molecule has 0 unspecified atom stereocenters. The fourth-order valence-electron chi connectivity index (χ4n) is 1.31. The number of nitrogens with two attached hydrogens (primary N) is 1. The van der Waals surface area contributed by atoms with Crippen molar-refractivity contribution in [1.29, 1.82) is 0 Å². The molecular formula is C10H15F3N6O2. The molecule has 0 atom stereocenters. The molecule has 0 radical (unpaired) electrons. The molecule has 0 saturated carbocycles. The summed E-state index contributed by atoms with van der Waals surface area (Å²) in [7, 11) is 0. The van der Waals surface area contributed by atoms with E-state index >= 15 is 0 Å². The lowest BCUT2D eigenvalue weighted by molar-refractivity contribution is -0.325. The normalized spacial score (nSPS) is 12.3. The minimum absolute atomic E-state index is 0.0333. The number of rotatable bonds is 7. The van der Waals surface area contributed by atoms with Crippen molar-refractivity contribution < 1.29 is 22.7 Å². The van der Waals surface area contributed by atoms with E-state index in [0.29, 0.717) is 0 Å². The summed E-state index contributed by atoms with van der Waals surface area (Å²) in [6.45, 7) is 2.71. The van der Waals surface area contributed by atoms with Gasteiger partial charge in [0.05, 0.1) is 19.5 Å². The molecule has 1 aromatic heterocycles. The maximum Gasteiger partial charge on any atom is 0.522 e. The molecule has 1 aromatic rings. The topological polar surface area (TPSA) is 109 Å². The number of aromatic nitrogens is 2. The summed E-state index contributed by atoms with van der Waals surface area (Å²) in [6, 6.07) is -0.221. The number of hydrogen-bond acceptors (Lipinski definition) is 5. The van der Waals surface area contributed by atoms with Gasteiger partial charge in [0, 0.05) is 6.04 Å². The zero-order chi connectivity index (χ0) is 16.0. The van der Waals surface area contributed by atoms with Crippen LogP contribution in [-0.4, -0.2) is 46.4 Å². The maximum atomic E-state index is 11.9. The van der Waals surface area contributed by atoms with E-state index in [4.69, 9.17) is 5.73 Å². The molecule has 21 heavy (non-hydrogen) atoms. The first-order valence-electron chi connectivity index (χ1n) is 5.93. The van der Waals surface area contributed by atoms with Crippen LogP contribution in [0.25, 0.3) is 0 Å². The van der Waals surface area contributed by atoms with E-state index < -0.39 is 18.9 Å². The second-order valence-electron chi connectivity index (χ2n) is 4.21. The van der Waals surface area contributed by atoms with Crippen LogP contribution < -0.4 is 5.73 Å². The number of nitrogens with zero attached hydrogens (tertiary/aromatic N) is 4. The van der Waals surface area contributed by atoms with Gasteiger partial charge in [0.2, 0.25) is 5.82 Å². The maximum absolute atomic E-state index is 11.9. The zero-order valence-electron chi connectivity index (χ0n) is 11.4. The molecule has 1 amide bonds. The van der Waals surface area contributed by atoms with Gasteiger partial charge in [-0.25, -0.2) is 4.98 Å². The first kappa shape index (κ1) is 16.9.